The molecule has 0 fully saturated rings. The lowest BCUT2D eigenvalue weighted by Gasteiger charge is -1.98. The van der Waals surface area contributed by atoms with E-state index in [2.05, 4.69) is 33.0 Å². The van der Waals surface area contributed by atoms with Crippen molar-refractivity contribution in [3.05, 3.63) is 0 Å². The molecule has 0 spiro atoms. The molecule has 11 nitrogen and oxygen atoms in total. The first-order valence-corrected chi connectivity index (χ1v) is 8.42. The van der Waals surface area contributed by atoms with Crippen LogP contribution in [0.4, 0.5) is 14.4 Å². The van der Waals surface area contributed by atoms with E-state index in [1.165, 1.54) is 0 Å². The van der Waals surface area contributed by atoms with Crippen LogP contribution in [0.1, 0.15) is 38.5 Å². The van der Waals surface area contributed by atoms with Gasteiger partial charge < -0.3 is 35.0 Å². The van der Waals surface area contributed by atoms with Gasteiger partial charge in [-0.05, 0) is 32.1 Å². The number of rotatable bonds is 11. The molecule has 0 aromatic rings. The van der Waals surface area contributed by atoms with Gasteiger partial charge in [-0.3, -0.25) is 19.2 Å². The van der Waals surface area contributed by atoms with Crippen molar-refractivity contribution < 1.29 is 54.2 Å². The third-order valence-corrected chi connectivity index (χ3v) is 2.14. The van der Waals surface area contributed by atoms with E-state index >= 15 is 0 Å². The summed E-state index contributed by atoms with van der Waals surface area (Å²) in [6, 6.07) is 0. The molecule has 0 aliphatic heterocycles. The minimum absolute atomic E-state index is 0.00667. The standard InChI is InChI=1S/C5H7BO4.C5H9BO3.C4H10O2.CHBO2/c6-5(9)10-3-1-2-4(7)8;6-5(8)9-4-2-1-3-7;5-3-1-2-4-6;2-1(3)4/h1-3H2,(H,7,8);7H,1-4H2;5-6H,1-4H2;(H,3,4). The van der Waals surface area contributed by atoms with E-state index in [-0.39, 0.29) is 32.8 Å². The van der Waals surface area contributed by atoms with Gasteiger partial charge in [-0.15, -0.1) is 0 Å². The fraction of sp³-hybridized carbons (Fsp3) is 0.733. The van der Waals surface area contributed by atoms with E-state index in [0.29, 0.717) is 25.9 Å². The molecular weight excluding hydrogens is 389 g/mol. The molecule has 0 heterocycles. The Labute approximate surface area is 173 Å². The molecule has 0 aromatic heterocycles. The lowest BCUT2D eigenvalue weighted by molar-refractivity contribution is -0.137. The number of aliphatic carboxylic acids is 1. The lowest BCUT2D eigenvalue weighted by atomic mass is 10.2. The number of aliphatic hydroxyl groups is 3. The van der Waals surface area contributed by atoms with Crippen LogP contribution in [0.2, 0.25) is 0 Å². The van der Waals surface area contributed by atoms with Crippen molar-refractivity contribution in [1.29, 1.82) is 0 Å². The van der Waals surface area contributed by atoms with Crippen LogP contribution in [0.3, 0.4) is 0 Å². The summed E-state index contributed by atoms with van der Waals surface area (Å²) in [7, 11) is 13.3. The minimum Gasteiger partial charge on any atom is -0.490 e. The summed E-state index contributed by atoms with van der Waals surface area (Å²) in [5, 5.41) is 39.7. The quantitative estimate of drug-likeness (QED) is 0.222. The van der Waals surface area contributed by atoms with E-state index in [0.717, 1.165) is 12.8 Å². The van der Waals surface area contributed by atoms with Crippen LogP contribution in [0.15, 0.2) is 0 Å². The molecule has 0 aliphatic rings. The minimum atomic E-state index is -1.33. The van der Waals surface area contributed by atoms with Crippen molar-refractivity contribution in [2.45, 2.75) is 38.5 Å². The molecule has 0 rings (SSSR count). The summed E-state index contributed by atoms with van der Waals surface area (Å²) in [6.45, 7) is 0.890. The van der Waals surface area contributed by atoms with Gasteiger partial charge in [0.15, 0.2) is 0 Å². The van der Waals surface area contributed by atoms with Crippen LogP contribution in [-0.4, -0.2) is 106 Å². The molecule has 0 bridgehead atoms. The van der Waals surface area contributed by atoms with E-state index in [1.54, 1.807) is 0 Å². The van der Waals surface area contributed by atoms with Gasteiger partial charge in [-0.2, -0.15) is 0 Å². The number of carbonyl (C=O) groups excluding carboxylic acids is 2. The summed E-state index contributed by atoms with van der Waals surface area (Å²) in [5.41, 5.74) is 0. The smallest absolute Gasteiger partial charge is 0.303 e. The predicted molar refractivity (Wildman–Crippen MR) is 105 cm³/mol. The van der Waals surface area contributed by atoms with Gasteiger partial charge in [0, 0.05) is 26.2 Å². The van der Waals surface area contributed by atoms with Crippen molar-refractivity contribution in [2.75, 3.05) is 33.0 Å². The van der Waals surface area contributed by atoms with Crippen molar-refractivity contribution in [3.8, 4) is 0 Å². The van der Waals surface area contributed by atoms with Crippen molar-refractivity contribution in [1.82, 2.24) is 0 Å². The molecule has 0 saturated heterocycles. The Kier molecular flexibility index (Phi) is 36.5. The second-order valence-corrected chi connectivity index (χ2v) is 4.76. The average molecular weight is 416 g/mol. The summed E-state index contributed by atoms with van der Waals surface area (Å²) in [6.07, 6.45) is 3.05. The number of carbonyl (C=O) groups is 4. The van der Waals surface area contributed by atoms with Crippen LogP contribution >= 0.6 is 0 Å². The molecule has 0 unspecified atom stereocenters. The molecular formula is C15H27B3O11. The normalized spacial score (nSPS) is 8.52. The summed E-state index contributed by atoms with van der Waals surface area (Å²) in [4.78, 5) is 38.4. The Morgan fingerprint density at radius 2 is 0.931 bits per heavy atom. The molecule has 0 saturated carbocycles. The summed E-state index contributed by atoms with van der Waals surface area (Å²) in [5.74, 6) is -3.87. The van der Waals surface area contributed by atoms with E-state index in [4.69, 9.17) is 30.3 Å². The summed E-state index contributed by atoms with van der Waals surface area (Å²) < 4.78 is 8.64. The lowest BCUT2D eigenvalue weighted by Crippen LogP contribution is -2.04. The SMILES string of the molecule is OCCCCO.[B]C(=O)O.[B]C(=O)OCCCC(=O)O.[B]C(=O)OCCCCO. The number of ether oxygens (including phenoxy) is 2. The van der Waals surface area contributed by atoms with E-state index in [9.17, 15) is 14.4 Å². The van der Waals surface area contributed by atoms with Gasteiger partial charge in [0.25, 0.3) is 0 Å². The van der Waals surface area contributed by atoms with Gasteiger partial charge in [0.05, 0.1) is 13.2 Å². The number of unbranched alkanes of at least 4 members (excludes halogenated alkanes) is 2. The highest BCUT2D eigenvalue weighted by Crippen LogP contribution is 1.89. The Bertz CT molecular complexity index is 385. The first-order valence-electron chi connectivity index (χ1n) is 8.42. The zero-order valence-electron chi connectivity index (χ0n) is 16.2. The van der Waals surface area contributed by atoms with E-state index < -0.39 is 23.6 Å². The molecule has 0 aliphatic carbocycles. The molecule has 29 heavy (non-hydrogen) atoms. The van der Waals surface area contributed by atoms with Crippen LogP contribution in [-0.2, 0) is 14.3 Å². The zero-order valence-corrected chi connectivity index (χ0v) is 16.2. The zero-order chi connectivity index (χ0) is 23.5. The molecule has 162 valence electrons. The maximum absolute atomic E-state index is 9.90. The number of carboxylic acids is 1. The van der Waals surface area contributed by atoms with Crippen LogP contribution < -0.4 is 0 Å². The highest BCUT2D eigenvalue weighted by Gasteiger charge is 1.97. The molecule has 5 N–H and O–H groups in total. The van der Waals surface area contributed by atoms with Crippen LogP contribution in [0, 0.1) is 0 Å². The fourth-order valence-electron chi connectivity index (χ4n) is 1.01. The van der Waals surface area contributed by atoms with Gasteiger partial charge in [-0.1, -0.05) is 0 Å². The Morgan fingerprint density at radius 1 is 0.621 bits per heavy atom. The third-order valence-electron chi connectivity index (χ3n) is 2.14. The van der Waals surface area contributed by atoms with Gasteiger partial charge in [0.2, 0.25) is 41.1 Å². The van der Waals surface area contributed by atoms with Gasteiger partial charge >= 0.3 is 5.97 Å². The Morgan fingerprint density at radius 3 is 1.21 bits per heavy atom. The van der Waals surface area contributed by atoms with Crippen molar-refractivity contribution in [3.63, 3.8) is 0 Å². The molecule has 0 atom stereocenters. The number of carboxylic acid groups (broad SMARTS) is 2. The second-order valence-electron chi connectivity index (χ2n) is 4.76. The first-order chi connectivity index (χ1) is 13.5. The first kappa shape index (κ1) is 34.5. The highest BCUT2D eigenvalue weighted by molar-refractivity contribution is 6.55. The Hall–Kier alpha value is -2.05. The molecule has 14 heteroatoms. The maximum Gasteiger partial charge on any atom is 0.303 e. The topological polar surface area (TPSA) is 188 Å². The highest BCUT2D eigenvalue weighted by atomic mass is 16.5. The Balaban J connectivity index is -0.000000151. The number of hydrogen-bond donors (Lipinski definition) is 5. The van der Waals surface area contributed by atoms with Gasteiger partial charge in [0.1, 0.15) is 0 Å². The van der Waals surface area contributed by atoms with Crippen LogP contribution in [0.5, 0.6) is 0 Å². The van der Waals surface area contributed by atoms with Crippen molar-refractivity contribution in [2.24, 2.45) is 0 Å². The second kappa shape index (κ2) is 30.7. The molecule has 0 amide bonds. The molecule has 6 radical (unpaired) electrons. The largest absolute Gasteiger partial charge is 0.490 e. The van der Waals surface area contributed by atoms with E-state index in [1.807, 2.05) is 0 Å². The van der Waals surface area contributed by atoms with Crippen molar-refractivity contribution >= 4 is 47.1 Å². The number of hydrogen-bond acceptors (Lipinski definition) is 9. The monoisotopic (exact) mass is 416 g/mol. The molecule has 0 aromatic carbocycles. The van der Waals surface area contributed by atoms with Gasteiger partial charge in [-0.25, -0.2) is 0 Å². The fourth-order valence-corrected chi connectivity index (χ4v) is 1.01. The average Bonchev–Trinajstić information content (AvgIpc) is 2.61. The third kappa shape index (κ3) is 76.5. The predicted octanol–water partition coefficient (Wildman–Crippen LogP) is -0.196. The summed E-state index contributed by atoms with van der Waals surface area (Å²) >= 11 is 0. The maximum atomic E-state index is 9.90. The number of aliphatic hydroxyl groups excluding tert-OH is 3. The van der Waals surface area contributed by atoms with Crippen LogP contribution in [0.25, 0.3) is 0 Å².